The molecule has 0 radical (unpaired) electrons. The monoisotopic (exact) mass is 358 g/mol. The molecule has 1 N–H and O–H groups in total. The first-order valence-electron chi connectivity index (χ1n) is 7.08. The molecule has 0 aromatic carbocycles. The molecule has 10 heteroatoms. The fourth-order valence-corrected chi connectivity index (χ4v) is 4.29. The molecule has 1 aliphatic heterocycles. The van der Waals surface area contributed by atoms with Crippen LogP contribution in [0.5, 0.6) is 0 Å². The molecule has 1 saturated heterocycles. The average Bonchev–Trinajstić information content (AvgIpc) is 3.14. The molecule has 0 saturated carbocycles. The van der Waals surface area contributed by atoms with Crippen LogP contribution in [0.4, 0.5) is 0 Å². The van der Waals surface area contributed by atoms with Crippen LogP contribution in [0.2, 0.25) is 0 Å². The summed E-state index contributed by atoms with van der Waals surface area (Å²) in [6, 6.07) is -0.336. The number of sulfonamides is 1. The number of amides is 1. The van der Waals surface area contributed by atoms with E-state index in [-0.39, 0.29) is 23.6 Å². The van der Waals surface area contributed by atoms with Crippen molar-refractivity contribution < 1.29 is 17.9 Å². The second-order valence-corrected chi connectivity index (χ2v) is 8.76. The summed E-state index contributed by atoms with van der Waals surface area (Å²) in [5.74, 6) is -0.637. The lowest BCUT2D eigenvalue weighted by molar-refractivity contribution is 0.0921. The fourth-order valence-electron chi connectivity index (χ4n) is 2.42. The van der Waals surface area contributed by atoms with Crippen molar-refractivity contribution in [1.29, 1.82) is 0 Å². The van der Waals surface area contributed by atoms with Gasteiger partial charge in [-0.15, -0.1) is 11.3 Å². The van der Waals surface area contributed by atoms with Gasteiger partial charge in [0.25, 0.3) is 5.91 Å². The second-order valence-electron chi connectivity index (χ2n) is 5.66. The van der Waals surface area contributed by atoms with Crippen LogP contribution in [0, 0.1) is 5.92 Å². The molecule has 3 heterocycles. The number of nitrogens with one attached hydrogen (secondary N) is 1. The number of fused-ring (bicyclic) bond motifs is 1. The molecule has 1 amide bonds. The quantitative estimate of drug-likeness (QED) is 0.814. The number of ether oxygens (including phenoxy) is 1. The minimum absolute atomic E-state index is 0.0524. The summed E-state index contributed by atoms with van der Waals surface area (Å²) in [5, 5.41) is 4.73. The summed E-state index contributed by atoms with van der Waals surface area (Å²) in [7, 11) is -0.349. The maximum Gasteiger partial charge on any atom is 0.271 e. The number of imidazole rings is 1. The van der Waals surface area contributed by atoms with Crippen LogP contribution in [0.1, 0.15) is 10.5 Å². The molecule has 8 nitrogen and oxygen atoms in total. The Balaban J connectivity index is 1.68. The van der Waals surface area contributed by atoms with Gasteiger partial charge in [-0.3, -0.25) is 9.20 Å². The lowest BCUT2D eigenvalue weighted by Crippen LogP contribution is -2.43. The summed E-state index contributed by atoms with van der Waals surface area (Å²) < 4.78 is 32.3. The smallest absolute Gasteiger partial charge is 0.271 e. The van der Waals surface area contributed by atoms with Gasteiger partial charge in [-0.1, -0.05) is 0 Å². The Morgan fingerprint density at radius 1 is 1.52 bits per heavy atom. The van der Waals surface area contributed by atoms with E-state index in [2.05, 4.69) is 10.3 Å². The third-order valence-corrected chi connectivity index (χ3v) is 6.55. The molecule has 0 aliphatic carbocycles. The SMILES string of the molecule is CN(C)S(=O)(=O)C[C@@H]1COC[C@@H]1NC(=O)c1cn2ccsc2n1. The van der Waals surface area contributed by atoms with Crippen molar-refractivity contribution in [2.45, 2.75) is 6.04 Å². The first kappa shape index (κ1) is 16.4. The highest BCUT2D eigenvalue weighted by atomic mass is 32.2. The van der Waals surface area contributed by atoms with Gasteiger partial charge in [-0.25, -0.2) is 17.7 Å². The summed E-state index contributed by atoms with van der Waals surface area (Å²) >= 11 is 1.44. The average molecular weight is 358 g/mol. The maximum absolute atomic E-state index is 12.3. The van der Waals surface area contributed by atoms with Crippen LogP contribution < -0.4 is 5.32 Å². The van der Waals surface area contributed by atoms with Gasteiger partial charge in [0.2, 0.25) is 10.0 Å². The third-order valence-electron chi connectivity index (χ3n) is 3.82. The highest BCUT2D eigenvalue weighted by molar-refractivity contribution is 7.89. The van der Waals surface area contributed by atoms with Crippen LogP contribution >= 0.6 is 11.3 Å². The van der Waals surface area contributed by atoms with E-state index in [0.29, 0.717) is 18.9 Å². The Bertz CT molecular complexity index is 782. The van der Waals surface area contributed by atoms with E-state index in [9.17, 15) is 13.2 Å². The topological polar surface area (TPSA) is 93.0 Å². The predicted molar refractivity (Wildman–Crippen MR) is 86.1 cm³/mol. The summed E-state index contributed by atoms with van der Waals surface area (Å²) in [6.07, 6.45) is 3.48. The molecule has 0 unspecified atom stereocenters. The number of aromatic nitrogens is 2. The molecule has 126 valence electrons. The van der Waals surface area contributed by atoms with E-state index >= 15 is 0 Å². The first-order chi connectivity index (χ1) is 10.9. The highest BCUT2D eigenvalue weighted by Gasteiger charge is 2.34. The van der Waals surface area contributed by atoms with Gasteiger partial charge in [-0.2, -0.15) is 0 Å². The van der Waals surface area contributed by atoms with E-state index in [4.69, 9.17) is 4.74 Å². The first-order valence-corrected chi connectivity index (χ1v) is 9.57. The van der Waals surface area contributed by atoms with E-state index in [1.54, 1.807) is 10.6 Å². The summed E-state index contributed by atoms with van der Waals surface area (Å²) in [5.41, 5.74) is 0.318. The lowest BCUT2D eigenvalue weighted by atomic mass is 10.1. The van der Waals surface area contributed by atoms with Crippen molar-refractivity contribution in [3.63, 3.8) is 0 Å². The van der Waals surface area contributed by atoms with Gasteiger partial charge in [0.15, 0.2) is 4.96 Å². The van der Waals surface area contributed by atoms with Crippen molar-refractivity contribution in [3.05, 3.63) is 23.5 Å². The normalized spacial score (nSPS) is 22.0. The molecule has 2 aromatic rings. The van der Waals surface area contributed by atoms with Gasteiger partial charge in [0.1, 0.15) is 5.69 Å². The summed E-state index contributed by atoms with van der Waals surface area (Å²) in [6.45, 7) is 0.623. The Morgan fingerprint density at radius 2 is 2.30 bits per heavy atom. The Kier molecular flexibility index (Phi) is 4.41. The summed E-state index contributed by atoms with van der Waals surface area (Å²) in [4.78, 5) is 17.3. The van der Waals surface area contributed by atoms with Crippen LogP contribution in [0.15, 0.2) is 17.8 Å². The molecular weight excluding hydrogens is 340 g/mol. The molecule has 23 heavy (non-hydrogen) atoms. The zero-order valence-corrected chi connectivity index (χ0v) is 14.4. The molecule has 2 atom stereocenters. The van der Waals surface area contributed by atoms with E-state index in [1.165, 1.54) is 29.7 Å². The molecule has 3 rings (SSSR count). The van der Waals surface area contributed by atoms with Gasteiger partial charge >= 0.3 is 0 Å². The number of hydrogen-bond donors (Lipinski definition) is 1. The van der Waals surface area contributed by atoms with Crippen molar-refractivity contribution in [1.82, 2.24) is 19.0 Å². The van der Waals surface area contributed by atoms with Gasteiger partial charge in [0, 0.05) is 37.8 Å². The second kappa shape index (κ2) is 6.19. The minimum atomic E-state index is -3.34. The zero-order valence-electron chi connectivity index (χ0n) is 12.8. The largest absolute Gasteiger partial charge is 0.379 e. The molecular formula is C13H18N4O4S2. The van der Waals surface area contributed by atoms with Crippen LogP contribution in [-0.2, 0) is 14.8 Å². The predicted octanol–water partition coefficient (Wildman–Crippen LogP) is 0.0320. The number of hydrogen-bond acceptors (Lipinski definition) is 6. The highest BCUT2D eigenvalue weighted by Crippen LogP contribution is 2.18. The number of nitrogens with zero attached hydrogens (tertiary/aromatic N) is 3. The van der Waals surface area contributed by atoms with Crippen LogP contribution in [-0.4, -0.2) is 67.1 Å². The van der Waals surface area contributed by atoms with Gasteiger partial charge < -0.3 is 10.1 Å². The van der Waals surface area contributed by atoms with Crippen molar-refractivity contribution in [2.24, 2.45) is 5.92 Å². The van der Waals surface area contributed by atoms with E-state index in [0.717, 1.165) is 4.96 Å². The van der Waals surface area contributed by atoms with E-state index in [1.807, 2.05) is 11.6 Å². The minimum Gasteiger partial charge on any atom is -0.379 e. The van der Waals surface area contributed by atoms with Crippen molar-refractivity contribution in [2.75, 3.05) is 33.1 Å². The van der Waals surface area contributed by atoms with Gasteiger partial charge in [0.05, 0.1) is 25.0 Å². The third kappa shape index (κ3) is 3.39. The van der Waals surface area contributed by atoms with E-state index < -0.39 is 10.0 Å². The van der Waals surface area contributed by atoms with Crippen molar-refractivity contribution in [3.8, 4) is 0 Å². The number of rotatable bonds is 5. The standard InChI is InChI=1S/C13H18N4O4S2/c1-16(2)23(19,20)8-9-6-21-7-11(9)14-12(18)10-5-17-3-4-22-13(17)15-10/h3-5,9,11H,6-8H2,1-2H3,(H,14,18)/t9-,11-/m0/s1. The fraction of sp³-hybridized carbons (Fsp3) is 0.538. The van der Waals surface area contributed by atoms with Crippen LogP contribution in [0.25, 0.3) is 4.96 Å². The molecule has 0 bridgehead atoms. The van der Waals surface area contributed by atoms with Gasteiger partial charge in [-0.05, 0) is 0 Å². The van der Waals surface area contributed by atoms with Crippen molar-refractivity contribution >= 4 is 32.2 Å². The van der Waals surface area contributed by atoms with Crippen LogP contribution in [0.3, 0.4) is 0 Å². The number of carbonyl (C=O) groups is 1. The Labute approximate surface area is 138 Å². The lowest BCUT2D eigenvalue weighted by Gasteiger charge is -2.20. The number of thiazole rings is 1. The molecule has 1 aliphatic rings. The zero-order chi connectivity index (χ0) is 16.6. The molecule has 0 spiro atoms. The maximum atomic E-state index is 12.3. The Hall–Kier alpha value is -1.49. The number of carbonyl (C=O) groups excluding carboxylic acids is 1. The molecule has 2 aromatic heterocycles. The Morgan fingerprint density at radius 3 is 3.00 bits per heavy atom. The molecule has 1 fully saturated rings.